The maximum atomic E-state index is 5.47. The highest BCUT2D eigenvalue weighted by Crippen LogP contribution is 2.10. The van der Waals surface area contributed by atoms with Crippen LogP contribution in [0.5, 0.6) is 0 Å². The van der Waals surface area contributed by atoms with Crippen molar-refractivity contribution in [3.8, 4) is 0 Å². The second kappa shape index (κ2) is 4.63. The number of rotatable bonds is 2. The third-order valence-corrected chi connectivity index (χ3v) is 2.39. The Morgan fingerprint density at radius 1 is 1.58 bits per heavy atom. The average Bonchev–Trinajstić information content (AvgIpc) is 2.28. The molecule has 2 heteroatoms. The molecule has 70 valence electrons. The Morgan fingerprint density at radius 3 is 2.92 bits per heavy atom. The van der Waals surface area contributed by atoms with Crippen molar-refractivity contribution in [2.75, 3.05) is 26.3 Å². The SMILES string of the molecule is C=CC1COCCN(C(C)C)C1. The van der Waals surface area contributed by atoms with E-state index in [1.807, 2.05) is 6.08 Å². The van der Waals surface area contributed by atoms with E-state index in [-0.39, 0.29) is 0 Å². The molecule has 1 rings (SSSR count). The van der Waals surface area contributed by atoms with Crippen LogP contribution < -0.4 is 0 Å². The van der Waals surface area contributed by atoms with Crippen LogP contribution >= 0.6 is 0 Å². The van der Waals surface area contributed by atoms with Gasteiger partial charge in [-0.25, -0.2) is 0 Å². The molecule has 0 amide bonds. The molecule has 0 saturated carbocycles. The molecule has 1 unspecified atom stereocenters. The van der Waals surface area contributed by atoms with Gasteiger partial charge >= 0.3 is 0 Å². The molecule has 0 aliphatic carbocycles. The fourth-order valence-electron chi connectivity index (χ4n) is 1.47. The van der Waals surface area contributed by atoms with E-state index in [1.165, 1.54) is 0 Å². The zero-order chi connectivity index (χ0) is 8.97. The Morgan fingerprint density at radius 2 is 2.33 bits per heavy atom. The number of hydrogen-bond acceptors (Lipinski definition) is 2. The molecule has 0 aromatic rings. The summed E-state index contributed by atoms with van der Waals surface area (Å²) in [6.45, 7) is 12.1. The third-order valence-electron chi connectivity index (χ3n) is 2.39. The minimum atomic E-state index is 0.509. The Labute approximate surface area is 75.2 Å². The summed E-state index contributed by atoms with van der Waals surface area (Å²) in [5.41, 5.74) is 0. The minimum absolute atomic E-state index is 0.509. The van der Waals surface area contributed by atoms with Gasteiger partial charge in [-0.1, -0.05) is 6.08 Å². The first-order valence-corrected chi connectivity index (χ1v) is 4.68. The highest BCUT2D eigenvalue weighted by molar-refractivity contribution is 4.84. The Kier molecular flexibility index (Phi) is 3.76. The van der Waals surface area contributed by atoms with Gasteiger partial charge < -0.3 is 4.74 Å². The second-order valence-electron chi connectivity index (χ2n) is 3.66. The van der Waals surface area contributed by atoms with Crippen LogP contribution in [0.4, 0.5) is 0 Å². The molecule has 1 aliphatic rings. The van der Waals surface area contributed by atoms with E-state index in [1.54, 1.807) is 0 Å². The fraction of sp³-hybridized carbons (Fsp3) is 0.800. The van der Waals surface area contributed by atoms with E-state index in [4.69, 9.17) is 4.74 Å². The van der Waals surface area contributed by atoms with Crippen LogP contribution in [0.3, 0.4) is 0 Å². The molecule has 0 aromatic carbocycles. The quantitative estimate of drug-likeness (QED) is 0.581. The van der Waals surface area contributed by atoms with Crippen molar-refractivity contribution in [2.24, 2.45) is 5.92 Å². The van der Waals surface area contributed by atoms with Crippen LogP contribution in [0.1, 0.15) is 13.8 Å². The van der Waals surface area contributed by atoms with Crippen molar-refractivity contribution < 1.29 is 4.74 Å². The second-order valence-corrected chi connectivity index (χ2v) is 3.66. The summed E-state index contributed by atoms with van der Waals surface area (Å²) in [6, 6.07) is 0.620. The lowest BCUT2D eigenvalue weighted by Gasteiger charge is -2.25. The number of ether oxygens (including phenoxy) is 1. The van der Waals surface area contributed by atoms with Gasteiger partial charge in [-0.3, -0.25) is 4.90 Å². The molecule has 2 nitrogen and oxygen atoms in total. The Bertz CT molecular complexity index is 145. The normalized spacial score (nSPS) is 27.1. The van der Waals surface area contributed by atoms with E-state index >= 15 is 0 Å². The van der Waals surface area contributed by atoms with Gasteiger partial charge in [-0.15, -0.1) is 6.58 Å². The number of hydrogen-bond donors (Lipinski definition) is 0. The average molecular weight is 169 g/mol. The van der Waals surface area contributed by atoms with E-state index < -0.39 is 0 Å². The first-order chi connectivity index (χ1) is 5.74. The molecular weight excluding hydrogens is 150 g/mol. The van der Waals surface area contributed by atoms with Crippen LogP contribution in [0.15, 0.2) is 12.7 Å². The Hall–Kier alpha value is -0.340. The Balaban J connectivity index is 2.47. The molecule has 0 radical (unpaired) electrons. The fourth-order valence-corrected chi connectivity index (χ4v) is 1.47. The third kappa shape index (κ3) is 2.61. The van der Waals surface area contributed by atoms with E-state index in [2.05, 4.69) is 25.3 Å². The molecule has 1 fully saturated rings. The zero-order valence-corrected chi connectivity index (χ0v) is 8.12. The molecule has 1 saturated heterocycles. The molecular formula is C10H19NO. The van der Waals surface area contributed by atoms with E-state index in [0.29, 0.717) is 12.0 Å². The smallest absolute Gasteiger partial charge is 0.0593 e. The summed E-state index contributed by atoms with van der Waals surface area (Å²) in [5, 5.41) is 0. The van der Waals surface area contributed by atoms with Crippen LogP contribution in [0, 0.1) is 5.92 Å². The maximum absolute atomic E-state index is 5.47. The molecule has 12 heavy (non-hydrogen) atoms. The van der Waals surface area contributed by atoms with Crippen molar-refractivity contribution in [1.82, 2.24) is 4.90 Å². The molecule has 0 spiro atoms. The molecule has 1 aliphatic heterocycles. The highest BCUT2D eigenvalue weighted by Gasteiger charge is 2.17. The first-order valence-electron chi connectivity index (χ1n) is 4.68. The van der Waals surface area contributed by atoms with E-state index in [0.717, 1.165) is 26.3 Å². The summed E-state index contributed by atoms with van der Waals surface area (Å²) >= 11 is 0. The van der Waals surface area contributed by atoms with Crippen molar-refractivity contribution in [3.63, 3.8) is 0 Å². The maximum Gasteiger partial charge on any atom is 0.0593 e. The van der Waals surface area contributed by atoms with Crippen LogP contribution in [0.2, 0.25) is 0 Å². The van der Waals surface area contributed by atoms with Crippen LogP contribution in [-0.2, 0) is 4.74 Å². The summed E-state index contributed by atoms with van der Waals surface area (Å²) in [5.74, 6) is 0.509. The standard InChI is InChI=1S/C10H19NO/c1-4-10-7-11(9(2)3)5-6-12-8-10/h4,9-10H,1,5-8H2,2-3H3. The number of nitrogens with zero attached hydrogens (tertiary/aromatic N) is 1. The molecule has 0 N–H and O–H groups in total. The predicted octanol–water partition coefficient (Wildman–Crippen LogP) is 1.53. The van der Waals surface area contributed by atoms with E-state index in [9.17, 15) is 0 Å². The molecule has 1 atom stereocenters. The first kappa shape index (κ1) is 9.75. The van der Waals surface area contributed by atoms with Gasteiger partial charge in [-0.2, -0.15) is 0 Å². The van der Waals surface area contributed by atoms with Gasteiger partial charge in [0.05, 0.1) is 13.2 Å². The summed E-state index contributed by atoms with van der Waals surface area (Å²) in [6.07, 6.45) is 2.00. The molecule has 0 aromatic heterocycles. The van der Waals surface area contributed by atoms with Crippen molar-refractivity contribution >= 4 is 0 Å². The highest BCUT2D eigenvalue weighted by atomic mass is 16.5. The van der Waals surface area contributed by atoms with Crippen molar-refractivity contribution in [2.45, 2.75) is 19.9 Å². The van der Waals surface area contributed by atoms with Gasteiger partial charge in [0.15, 0.2) is 0 Å². The van der Waals surface area contributed by atoms with Gasteiger partial charge in [0, 0.05) is 25.0 Å². The summed E-state index contributed by atoms with van der Waals surface area (Å²) in [4.78, 5) is 2.44. The monoisotopic (exact) mass is 169 g/mol. The van der Waals surface area contributed by atoms with Gasteiger partial charge in [-0.05, 0) is 13.8 Å². The lowest BCUT2D eigenvalue weighted by molar-refractivity contribution is 0.128. The van der Waals surface area contributed by atoms with Crippen molar-refractivity contribution in [1.29, 1.82) is 0 Å². The van der Waals surface area contributed by atoms with Gasteiger partial charge in [0.25, 0.3) is 0 Å². The van der Waals surface area contributed by atoms with Gasteiger partial charge in [0.1, 0.15) is 0 Å². The predicted molar refractivity (Wildman–Crippen MR) is 51.2 cm³/mol. The summed E-state index contributed by atoms with van der Waals surface area (Å²) in [7, 11) is 0. The minimum Gasteiger partial charge on any atom is -0.379 e. The van der Waals surface area contributed by atoms with Crippen LogP contribution in [0.25, 0.3) is 0 Å². The zero-order valence-electron chi connectivity index (χ0n) is 8.12. The molecule has 1 heterocycles. The van der Waals surface area contributed by atoms with Crippen molar-refractivity contribution in [3.05, 3.63) is 12.7 Å². The topological polar surface area (TPSA) is 12.5 Å². The lowest BCUT2D eigenvalue weighted by Crippen LogP contribution is -2.35. The van der Waals surface area contributed by atoms with Crippen LogP contribution in [-0.4, -0.2) is 37.2 Å². The summed E-state index contributed by atoms with van der Waals surface area (Å²) < 4.78 is 5.47. The largest absolute Gasteiger partial charge is 0.379 e. The lowest BCUT2D eigenvalue weighted by atomic mass is 10.1. The molecule has 0 bridgehead atoms. The van der Waals surface area contributed by atoms with Gasteiger partial charge in [0.2, 0.25) is 0 Å².